The van der Waals surface area contributed by atoms with Crippen molar-refractivity contribution in [3.8, 4) is 5.75 Å². The molecule has 1 aliphatic rings. The number of nitrogens with zero attached hydrogens (tertiary/aromatic N) is 3. The quantitative estimate of drug-likeness (QED) is 0.407. The van der Waals surface area contributed by atoms with Gasteiger partial charge in [-0.2, -0.15) is 0 Å². The van der Waals surface area contributed by atoms with E-state index in [1.165, 1.54) is 23.1 Å². The molecule has 1 saturated heterocycles. The highest BCUT2D eigenvalue weighted by atomic mass is 32.2. The van der Waals surface area contributed by atoms with Crippen molar-refractivity contribution in [2.75, 3.05) is 43.3 Å². The van der Waals surface area contributed by atoms with Crippen molar-refractivity contribution in [2.45, 2.75) is 10.8 Å². The maximum Gasteiger partial charge on any atom is 0.231 e. The molecule has 0 saturated carbocycles. The summed E-state index contributed by atoms with van der Waals surface area (Å²) in [4.78, 5) is 26.5. The molecule has 10 heteroatoms. The van der Waals surface area contributed by atoms with Gasteiger partial charge in [0, 0.05) is 31.5 Å². The Kier molecular flexibility index (Phi) is 6.64. The summed E-state index contributed by atoms with van der Waals surface area (Å²) in [7, 11) is 3.23. The number of rotatable bonds is 8. The van der Waals surface area contributed by atoms with Crippen LogP contribution >= 0.6 is 23.1 Å². The lowest BCUT2D eigenvalue weighted by molar-refractivity contribution is -0.122. The van der Waals surface area contributed by atoms with Crippen LogP contribution in [0.4, 0.5) is 10.8 Å². The number of methoxy groups -OCH3 is 2. The van der Waals surface area contributed by atoms with Gasteiger partial charge in [0.25, 0.3) is 0 Å². The zero-order valence-corrected chi connectivity index (χ0v) is 16.6. The Hall–Kier alpha value is -2.17. The molecule has 0 bridgehead atoms. The Morgan fingerprint density at radius 3 is 2.81 bits per heavy atom. The third-order valence-electron chi connectivity index (χ3n) is 4.03. The molecule has 3 rings (SSSR count). The number of aromatic nitrogens is 2. The van der Waals surface area contributed by atoms with Gasteiger partial charge in [0.15, 0.2) is 4.34 Å². The highest BCUT2D eigenvalue weighted by Crippen LogP contribution is 2.29. The van der Waals surface area contributed by atoms with Crippen LogP contribution in [0.1, 0.15) is 6.42 Å². The molecule has 1 aliphatic heterocycles. The number of carbonyl (C=O) groups is 2. The number of amides is 2. The van der Waals surface area contributed by atoms with Gasteiger partial charge >= 0.3 is 0 Å². The number of benzene rings is 1. The molecule has 2 aromatic rings. The average molecular weight is 409 g/mol. The van der Waals surface area contributed by atoms with E-state index in [1.807, 2.05) is 12.1 Å². The van der Waals surface area contributed by atoms with Crippen LogP contribution in [0.25, 0.3) is 0 Å². The van der Waals surface area contributed by atoms with Crippen molar-refractivity contribution in [1.82, 2.24) is 10.2 Å². The first-order valence-electron chi connectivity index (χ1n) is 8.31. The summed E-state index contributed by atoms with van der Waals surface area (Å²) in [5, 5.41) is 11.2. The predicted molar refractivity (Wildman–Crippen MR) is 105 cm³/mol. The smallest absolute Gasteiger partial charge is 0.231 e. The van der Waals surface area contributed by atoms with E-state index >= 15 is 0 Å². The molecular formula is C17H20N4O4S2. The molecular weight excluding hydrogens is 388 g/mol. The molecule has 2 amide bonds. The standard InChI is InChI=1S/C17H20N4O4S2/c1-24-7-8-26-17-20-19-16(27-17)18-15(23)11-9-14(22)21(10-11)12-3-5-13(25-2)6-4-12/h3-6,11H,7-10H2,1-2H3,(H,18,19,23)/t11-/m0/s1. The Bertz CT molecular complexity index is 796. The minimum atomic E-state index is -0.423. The van der Waals surface area contributed by atoms with Gasteiger partial charge in [-0.1, -0.05) is 23.1 Å². The van der Waals surface area contributed by atoms with Crippen LogP contribution in [0.15, 0.2) is 28.6 Å². The van der Waals surface area contributed by atoms with E-state index in [9.17, 15) is 9.59 Å². The van der Waals surface area contributed by atoms with Gasteiger partial charge in [0.1, 0.15) is 5.75 Å². The Balaban J connectivity index is 1.57. The highest BCUT2D eigenvalue weighted by Gasteiger charge is 2.35. The maximum absolute atomic E-state index is 12.5. The molecule has 27 heavy (non-hydrogen) atoms. The van der Waals surface area contributed by atoms with Crippen molar-refractivity contribution in [1.29, 1.82) is 0 Å². The Labute approximate surface area is 165 Å². The largest absolute Gasteiger partial charge is 0.497 e. The van der Waals surface area contributed by atoms with Crippen LogP contribution in [0.5, 0.6) is 5.75 Å². The Morgan fingerprint density at radius 1 is 1.33 bits per heavy atom. The number of carbonyl (C=O) groups excluding carboxylic acids is 2. The van der Waals surface area contributed by atoms with E-state index in [0.29, 0.717) is 18.3 Å². The number of nitrogens with one attached hydrogen (secondary N) is 1. The summed E-state index contributed by atoms with van der Waals surface area (Å²) < 4.78 is 10.9. The molecule has 1 aromatic heterocycles. The van der Waals surface area contributed by atoms with Crippen LogP contribution in [0, 0.1) is 5.92 Å². The van der Waals surface area contributed by atoms with Crippen molar-refractivity contribution in [3.63, 3.8) is 0 Å². The van der Waals surface area contributed by atoms with Crippen LogP contribution in [0.2, 0.25) is 0 Å². The number of hydrogen-bond donors (Lipinski definition) is 1. The SMILES string of the molecule is COCCSc1nnc(NC(=O)[C@H]2CC(=O)N(c3ccc(OC)cc3)C2)s1. The van der Waals surface area contributed by atoms with E-state index in [0.717, 1.165) is 21.5 Å². The fraction of sp³-hybridized carbons (Fsp3) is 0.412. The normalized spacial score (nSPS) is 16.6. The van der Waals surface area contributed by atoms with Crippen molar-refractivity contribution in [2.24, 2.45) is 5.92 Å². The van der Waals surface area contributed by atoms with Crippen molar-refractivity contribution >= 4 is 45.7 Å². The topological polar surface area (TPSA) is 93.7 Å². The van der Waals surface area contributed by atoms with E-state index in [4.69, 9.17) is 9.47 Å². The maximum atomic E-state index is 12.5. The first kappa shape index (κ1) is 19.6. The molecule has 1 N–H and O–H groups in total. The minimum Gasteiger partial charge on any atom is -0.497 e. The molecule has 0 unspecified atom stereocenters. The van der Waals surface area contributed by atoms with Crippen molar-refractivity contribution < 1.29 is 19.1 Å². The van der Waals surface area contributed by atoms with Crippen molar-refractivity contribution in [3.05, 3.63) is 24.3 Å². The highest BCUT2D eigenvalue weighted by molar-refractivity contribution is 8.01. The molecule has 1 fully saturated rings. The molecule has 1 atom stereocenters. The number of hydrogen-bond acceptors (Lipinski definition) is 8. The summed E-state index contributed by atoms with van der Waals surface area (Å²) in [6, 6.07) is 7.20. The van der Waals surface area contributed by atoms with Crippen LogP contribution < -0.4 is 15.0 Å². The summed E-state index contributed by atoms with van der Waals surface area (Å²) in [5.41, 5.74) is 0.754. The molecule has 144 valence electrons. The predicted octanol–water partition coefficient (Wildman–Crippen LogP) is 2.28. The van der Waals surface area contributed by atoms with Crippen LogP contribution in [0.3, 0.4) is 0 Å². The fourth-order valence-corrected chi connectivity index (χ4v) is 4.36. The minimum absolute atomic E-state index is 0.0756. The lowest BCUT2D eigenvalue weighted by atomic mass is 10.1. The van der Waals surface area contributed by atoms with E-state index < -0.39 is 5.92 Å². The number of anilines is 2. The average Bonchev–Trinajstić information content (AvgIpc) is 3.28. The van der Waals surface area contributed by atoms with E-state index in [2.05, 4.69) is 15.5 Å². The summed E-state index contributed by atoms with van der Waals surface area (Å²) in [6.45, 7) is 0.961. The van der Waals surface area contributed by atoms with Gasteiger partial charge in [-0.25, -0.2) is 0 Å². The van der Waals surface area contributed by atoms with Gasteiger partial charge in [-0.05, 0) is 24.3 Å². The molecule has 8 nitrogen and oxygen atoms in total. The molecule has 0 spiro atoms. The molecule has 0 aliphatic carbocycles. The van der Waals surface area contributed by atoms with E-state index in [1.54, 1.807) is 31.3 Å². The summed E-state index contributed by atoms with van der Waals surface area (Å²) >= 11 is 2.84. The second-order valence-corrected chi connectivity index (χ2v) is 8.13. The number of ether oxygens (including phenoxy) is 2. The summed E-state index contributed by atoms with van der Waals surface area (Å²) in [6.07, 6.45) is 0.173. The van der Waals surface area contributed by atoms with Gasteiger partial charge in [0.05, 0.1) is 19.6 Å². The zero-order valence-electron chi connectivity index (χ0n) is 15.0. The van der Waals surface area contributed by atoms with Crippen LogP contribution in [-0.4, -0.2) is 55.1 Å². The third-order valence-corrected chi connectivity index (χ3v) is 5.97. The first-order chi connectivity index (χ1) is 13.1. The summed E-state index contributed by atoms with van der Waals surface area (Å²) in [5.74, 6) is 0.771. The van der Waals surface area contributed by atoms with E-state index in [-0.39, 0.29) is 18.2 Å². The lowest BCUT2D eigenvalue weighted by Gasteiger charge is -2.16. The third kappa shape index (κ3) is 4.96. The van der Waals surface area contributed by atoms with Gasteiger partial charge in [-0.15, -0.1) is 10.2 Å². The monoisotopic (exact) mass is 408 g/mol. The van der Waals surface area contributed by atoms with Gasteiger partial charge in [-0.3, -0.25) is 9.59 Å². The first-order valence-corrected chi connectivity index (χ1v) is 10.1. The lowest BCUT2D eigenvalue weighted by Crippen LogP contribution is -2.28. The second kappa shape index (κ2) is 9.16. The van der Waals surface area contributed by atoms with Gasteiger partial charge < -0.3 is 19.7 Å². The number of thioether (sulfide) groups is 1. The van der Waals surface area contributed by atoms with Gasteiger partial charge in [0.2, 0.25) is 16.9 Å². The Morgan fingerprint density at radius 2 is 2.11 bits per heavy atom. The zero-order chi connectivity index (χ0) is 19.2. The second-order valence-electron chi connectivity index (χ2n) is 5.81. The molecule has 1 aromatic carbocycles. The fourth-order valence-electron chi connectivity index (χ4n) is 2.63. The van der Waals surface area contributed by atoms with Crippen LogP contribution in [-0.2, 0) is 14.3 Å². The molecule has 0 radical (unpaired) electrons. The molecule has 2 heterocycles.